The van der Waals surface area contributed by atoms with Gasteiger partial charge in [-0.2, -0.15) is 5.10 Å². The van der Waals surface area contributed by atoms with Crippen molar-refractivity contribution in [2.24, 2.45) is 5.92 Å². The molecule has 6 heteroatoms. The Hall–Kier alpha value is -1.32. The molecule has 1 heterocycles. The fourth-order valence-corrected chi connectivity index (χ4v) is 1.81. The molecule has 1 atom stereocenters. The van der Waals surface area contributed by atoms with Crippen LogP contribution in [0.15, 0.2) is 15.5 Å². The van der Waals surface area contributed by atoms with E-state index < -0.39 is 0 Å². The standard InChI is InChI=1S/C12H16BrN3O2/c1-4-9(8(2)3)15-10-7-14-16(5-6-17)12(18)11(10)13/h1,7-9,15,17H,5-6H2,2-3H3. The molecule has 0 radical (unpaired) electrons. The van der Waals surface area contributed by atoms with Crippen LogP contribution in [0.5, 0.6) is 0 Å². The van der Waals surface area contributed by atoms with E-state index >= 15 is 0 Å². The van der Waals surface area contributed by atoms with Gasteiger partial charge in [-0.1, -0.05) is 19.8 Å². The number of aliphatic hydroxyl groups is 1. The van der Waals surface area contributed by atoms with Gasteiger partial charge in [0.15, 0.2) is 0 Å². The van der Waals surface area contributed by atoms with E-state index in [1.807, 2.05) is 13.8 Å². The number of terminal acetylenes is 1. The van der Waals surface area contributed by atoms with Crippen molar-refractivity contribution >= 4 is 21.6 Å². The Morgan fingerprint density at radius 1 is 1.67 bits per heavy atom. The van der Waals surface area contributed by atoms with Crippen LogP contribution in [0.1, 0.15) is 13.8 Å². The van der Waals surface area contributed by atoms with Crippen molar-refractivity contribution in [1.82, 2.24) is 9.78 Å². The zero-order valence-electron chi connectivity index (χ0n) is 10.4. The minimum atomic E-state index is -0.298. The van der Waals surface area contributed by atoms with Crippen molar-refractivity contribution in [3.63, 3.8) is 0 Å². The van der Waals surface area contributed by atoms with Gasteiger partial charge < -0.3 is 10.4 Å². The third kappa shape index (κ3) is 3.34. The maximum absolute atomic E-state index is 11.9. The molecule has 0 fully saturated rings. The molecule has 2 N–H and O–H groups in total. The number of anilines is 1. The van der Waals surface area contributed by atoms with E-state index in [4.69, 9.17) is 11.5 Å². The molecular weight excluding hydrogens is 298 g/mol. The summed E-state index contributed by atoms with van der Waals surface area (Å²) in [6.07, 6.45) is 6.94. The summed E-state index contributed by atoms with van der Waals surface area (Å²) in [7, 11) is 0. The molecule has 0 spiro atoms. The maximum Gasteiger partial charge on any atom is 0.283 e. The highest BCUT2D eigenvalue weighted by Crippen LogP contribution is 2.18. The monoisotopic (exact) mass is 313 g/mol. The lowest BCUT2D eigenvalue weighted by Gasteiger charge is -2.18. The van der Waals surface area contributed by atoms with E-state index in [-0.39, 0.29) is 30.7 Å². The lowest BCUT2D eigenvalue weighted by atomic mass is 10.1. The summed E-state index contributed by atoms with van der Waals surface area (Å²) in [6.45, 7) is 4.02. The first-order valence-electron chi connectivity index (χ1n) is 5.60. The molecule has 1 rings (SSSR count). The second kappa shape index (κ2) is 6.57. The van der Waals surface area contributed by atoms with E-state index in [1.54, 1.807) is 0 Å². The number of nitrogens with zero attached hydrogens (tertiary/aromatic N) is 2. The summed E-state index contributed by atoms with van der Waals surface area (Å²) in [5.74, 6) is 2.87. The van der Waals surface area contributed by atoms with Crippen molar-refractivity contribution < 1.29 is 5.11 Å². The van der Waals surface area contributed by atoms with Crippen LogP contribution >= 0.6 is 15.9 Å². The Bertz CT molecular complexity index is 505. The lowest BCUT2D eigenvalue weighted by Crippen LogP contribution is -2.29. The van der Waals surface area contributed by atoms with Gasteiger partial charge in [-0.25, -0.2) is 4.68 Å². The fraction of sp³-hybridized carbons (Fsp3) is 0.500. The van der Waals surface area contributed by atoms with Crippen molar-refractivity contribution in [2.45, 2.75) is 26.4 Å². The lowest BCUT2D eigenvalue weighted by molar-refractivity contribution is 0.266. The zero-order valence-corrected chi connectivity index (χ0v) is 11.9. The molecule has 98 valence electrons. The molecule has 0 aliphatic rings. The maximum atomic E-state index is 11.9. The van der Waals surface area contributed by atoms with Crippen molar-refractivity contribution in [3.8, 4) is 12.3 Å². The minimum absolute atomic E-state index is 0.134. The normalized spacial score (nSPS) is 12.2. The van der Waals surface area contributed by atoms with Gasteiger partial charge in [0.2, 0.25) is 0 Å². The van der Waals surface area contributed by atoms with Crippen LogP contribution in [0.3, 0.4) is 0 Å². The second-order valence-electron chi connectivity index (χ2n) is 4.16. The summed E-state index contributed by atoms with van der Waals surface area (Å²) in [5.41, 5.74) is 0.263. The Morgan fingerprint density at radius 2 is 2.33 bits per heavy atom. The Balaban J connectivity index is 3.03. The summed E-state index contributed by atoms with van der Waals surface area (Å²) < 4.78 is 1.56. The highest BCUT2D eigenvalue weighted by molar-refractivity contribution is 9.10. The molecule has 0 saturated heterocycles. The fourth-order valence-electron chi connectivity index (χ4n) is 1.39. The molecule has 0 aromatic carbocycles. The summed E-state index contributed by atoms with van der Waals surface area (Å²) in [6, 6.07) is -0.170. The van der Waals surface area contributed by atoms with Crippen molar-refractivity contribution in [1.29, 1.82) is 0 Å². The molecular formula is C12H16BrN3O2. The predicted molar refractivity (Wildman–Crippen MR) is 74.4 cm³/mol. The van der Waals surface area contributed by atoms with Gasteiger partial charge in [-0.15, -0.1) is 6.42 Å². The molecule has 1 unspecified atom stereocenters. The first-order valence-corrected chi connectivity index (χ1v) is 6.39. The number of aliphatic hydroxyl groups excluding tert-OH is 1. The number of halogens is 1. The number of rotatable bonds is 5. The van der Waals surface area contributed by atoms with Crippen LogP contribution in [0, 0.1) is 18.3 Å². The highest BCUT2D eigenvalue weighted by atomic mass is 79.9. The van der Waals surface area contributed by atoms with Crippen LogP contribution in [0.25, 0.3) is 0 Å². The number of nitrogens with one attached hydrogen (secondary N) is 1. The molecule has 18 heavy (non-hydrogen) atoms. The second-order valence-corrected chi connectivity index (χ2v) is 4.95. The summed E-state index contributed by atoms with van der Waals surface area (Å²) >= 11 is 3.22. The van der Waals surface area contributed by atoms with Gasteiger partial charge >= 0.3 is 0 Å². The number of aromatic nitrogens is 2. The average Bonchev–Trinajstić information content (AvgIpc) is 2.34. The number of hydrogen-bond donors (Lipinski definition) is 2. The van der Waals surface area contributed by atoms with E-state index in [0.717, 1.165) is 0 Å². The largest absolute Gasteiger partial charge is 0.394 e. The van der Waals surface area contributed by atoms with E-state index in [9.17, 15) is 4.79 Å². The van der Waals surface area contributed by atoms with Crippen LogP contribution in [0.2, 0.25) is 0 Å². The number of hydrogen-bond acceptors (Lipinski definition) is 4. The third-order valence-electron chi connectivity index (χ3n) is 2.45. The molecule has 5 nitrogen and oxygen atoms in total. The Labute approximate surface area is 114 Å². The zero-order chi connectivity index (χ0) is 13.7. The van der Waals surface area contributed by atoms with Gasteiger partial charge in [0.05, 0.1) is 31.1 Å². The molecule has 1 aromatic rings. The van der Waals surface area contributed by atoms with Gasteiger partial charge in [0.1, 0.15) is 4.47 Å². The Kier molecular flexibility index (Phi) is 5.38. The topological polar surface area (TPSA) is 67.2 Å². The molecule has 0 amide bonds. The van der Waals surface area contributed by atoms with Crippen LogP contribution in [-0.4, -0.2) is 27.5 Å². The average molecular weight is 314 g/mol. The minimum Gasteiger partial charge on any atom is -0.394 e. The third-order valence-corrected chi connectivity index (χ3v) is 3.22. The van der Waals surface area contributed by atoms with Gasteiger partial charge in [0.25, 0.3) is 5.56 Å². The predicted octanol–water partition coefficient (Wildman–Crippen LogP) is 1.07. The van der Waals surface area contributed by atoms with Gasteiger partial charge in [0, 0.05) is 0 Å². The molecule has 0 saturated carbocycles. The molecule has 0 bridgehead atoms. The van der Waals surface area contributed by atoms with Crippen LogP contribution < -0.4 is 10.9 Å². The highest BCUT2D eigenvalue weighted by Gasteiger charge is 2.14. The van der Waals surface area contributed by atoms with Crippen molar-refractivity contribution in [2.75, 3.05) is 11.9 Å². The molecule has 0 aliphatic carbocycles. The summed E-state index contributed by atoms with van der Waals surface area (Å²) in [4.78, 5) is 11.9. The smallest absolute Gasteiger partial charge is 0.283 e. The Morgan fingerprint density at radius 3 is 2.83 bits per heavy atom. The van der Waals surface area contributed by atoms with Crippen LogP contribution in [-0.2, 0) is 6.54 Å². The summed E-state index contributed by atoms with van der Waals surface area (Å²) in [5, 5.41) is 15.8. The quantitative estimate of drug-likeness (QED) is 0.798. The first-order chi connectivity index (χ1) is 8.51. The van der Waals surface area contributed by atoms with E-state index in [0.29, 0.717) is 10.2 Å². The van der Waals surface area contributed by atoms with Gasteiger partial charge in [-0.3, -0.25) is 4.79 Å². The van der Waals surface area contributed by atoms with E-state index in [1.165, 1.54) is 10.9 Å². The van der Waals surface area contributed by atoms with Crippen molar-refractivity contribution in [3.05, 3.63) is 21.0 Å². The first kappa shape index (κ1) is 14.7. The molecule has 1 aromatic heterocycles. The van der Waals surface area contributed by atoms with Gasteiger partial charge in [-0.05, 0) is 21.8 Å². The van der Waals surface area contributed by atoms with E-state index in [2.05, 4.69) is 32.3 Å². The molecule has 0 aliphatic heterocycles. The van der Waals surface area contributed by atoms with Crippen LogP contribution in [0.4, 0.5) is 5.69 Å². The SMILES string of the molecule is C#CC(Nc1cnn(CCO)c(=O)c1Br)C(C)C.